The lowest BCUT2D eigenvalue weighted by molar-refractivity contribution is 0.0814. The quantitative estimate of drug-likeness (QED) is 0.834. The van der Waals surface area contributed by atoms with Crippen molar-refractivity contribution in [2.45, 2.75) is 51.4 Å². The molecular formula is C16H19F2N3O2. The molecule has 0 radical (unpaired) electrons. The van der Waals surface area contributed by atoms with E-state index in [4.69, 9.17) is 9.26 Å². The summed E-state index contributed by atoms with van der Waals surface area (Å²) in [6, 6.07) is 1.62. The third-order valence-electron chi connectivity index (χ3n) is 3.57. The molecule has 0 N–H and O–H groups in total. The summed E-state index contributed by atoms with van der Waals surface area (Å²) in [6.07, 6.45) is 1.21. The van der Waals surface area contributed by atoms with Crippen molar-refractivity contribution >= 4 is 0 Å². The Morgan fingerprint density at radius 2 is 2.09 bits per heavy atom. The van der Waals surface area contributed by atoms with Gasteiger partial charge in [-0.15, -0.1) is 0 Å². The fourth-order valence-corrected chi connectivity index (χ4v) is 2.18. The Kier molecular flexibility index (Phi) is 4.04. The van der Waals surface area contributed by atoms with Crippen LogP contribution >= 0.6 is 0 Å². The van der Waals surface area contributed by atoms with Crippen molar-refractivity contribution in [1.82, 2.24) is 15.1 Å². The van der Waals surface area contributed by atoms with Crippen LogP contribution in [0.15, 0.2) is 16.8 Å². The number of aromatic nitrogens is 3. The Labute approximate surface area is 133 Å². The van der Waals surface area contributed by atoms with Crippen LogP contribution in [-0.4, -0.2) is 28.2 Å². The van der Waals surface area contributed by atoms with E-state index in [2.05, 4.69) is 15.1 Å². The summed E-state index contributed by atoms with van der Waals surface area (Å²) in [7, 11) is 0. The number of nitrogens with zero attached hydrogens (tertiary/aromatic N) is 3. The Balaban J connectivity index is 1.90. The Bertz CT molecular complexity index is 691. The first-order chi connectivity index (χ1) is 10.8. The molecule has 0 saturated heterocycles. The highest BCUT2D eigenvalue weighted by molar-refractivity contribution is 5.54. The third-order valence-corrected chi connectivity index (χ3v) is 3.57. The highest BCUT2D eigenvalue weighted by Crippen LogP contribution is 2.44. The van der Waals surface area contributed by atoms with Gasteiger partial charge in [0.25, 0.3) is 6.43 Å². The molecule has 5 nitrogen and oxygen atoms in total. The van der Waals surface area contributed by atoms with E-state index in [9.17, 15) is 8.78 Å². The van der Waals surface area contributed by atoms with Gasteiger partial charge in [0.05, 0.1) is 0 Å². The van der Waals surface area contributed by atoms with Crippen molar-refractivity contribution in [3.63, 3.8) is 0 Å². The summed E-state index contributed by atoms with van der Waals surface area (Å²) >= 11 is 0. The van der Waals surface area contributed by atoms with Gasteiger partial charge in [0, 0.05) is 23.2 Å². The molecule has 0 bridgehead atoms. The van der Waals surface area contributed by atoms with Gasteiger partial charge in [-0.05, 0) is 18.8 Å². The largest absolute Gasteiger partial charge is 0.487 e. The molecule has 1 aliphatic rings. The van der Waals surface area contributed by atoms with Gasteiger partial charge in [-0.3, -0.25) is 4.98 Å². The van der Waals surface area contributed by atoms with Gasteiger partial charge in [0.15, 0.2) is 0 Å². The standard InChI is InChI=1S/C16H19F2N3O2/c1-16(2,3)15-20-14(21-23-15)11-6-12(22-8-13(17)18)10(7-19-11)9-4-5-9/h6-7,9,13H,4-5,8H2,1-3H3. The van der Waals surface area contributed by atoms with Crippen LogP contribution < -0.4 is 4.74 Å². The zero-order valence-electron chi connectivity index (χ0n) is 13.3. The first kappa shape index (κ1) is 15.8. The molecule has 0 aliphatic heterocycles. The van der Waals surface area contributed by atoms with E-state index in [1.165, 1.54) is 0 Å². The summed E-state index contributed by atoms with van der Waals surface area (Å²) in [5, 5.41) is 3.93. The topological polar surface area (TPSA) is 61.0 Å². The maximum Gasteiger partial charge on any atom is 0.272 e. The molecule has 0 aromatic carbocycles. The smallest absolute Gasteiger partial charge is 0.272 e. The lowest BCUT2D eigenvalue weighted by Gasteiger charge is -2.11. The van der Waals surface area contributed by atoms with Crippen molar-refractivity contribution < 1.29 is 18.0 Å². The SMILES string of the molecule is CC(C)(C)c1nc(-c2cc(OCC(F)F)c(C3CC3)cn2)no1. The summed E-state index contributed by atoms with van der Waals surface area (Å²) in [6.45, 7) is 5.25. The van der Waals surface area contributed by atoms with E-state index in [0.717, 1.165) is 18.4 Å². The second-order valence-electron chi connectivity index (χ2n) is 6.76. The van der Waals surface area contributed by atoms with Crippen molar-refractivity contribution in [1.29, 1.82) is 0 Å². The average molecular weight is 323 g/mol. The molecule has 124 valence electrons. The van der Waals surface area contributed by atoms with Gasteiger partial charge in [-0.1, -0.05) is 25.9 Å². The van der Waals surface area contributed by atoms with E-state index in [1.807, 2.05) is 20.8 Å². The van der Waals surface area contributed by atoms with Crippen LogP contribution in [0.4, 0.5) is 8.78 Å². The molecule has 23 heavy (non-hydrogen) atoms. The molecule has 2 heterocycles. The molecule has 0 spiro atoms. The van der Waals surface area contributed by atoms with Crippen molar-refractivity contribution in [2.24, 2.45) is 0 Å². The number of hydrogen-bond donors (Lipinski definition) is 0. The minimum Gasteiger partial charge on any atom is -0.487 e. The van der Waals surface area contributed by atoms with E-state index in [-0.39, 0.29) is 5.41 Å². The van der Waals surface area contributed by atoms with E-state index >= 15 is 0 Å². The normalized spacial score (nSPS) is 15.2. The molecule has 2 aromatic heterocycles. The van der Waals surface area contributed by atoms with E-state index in [1.54, 1.807) is 12.3 Å². The molecule has 3 rings (SSSR count). The predicted octanol–water partition coefficient (Wildman–Crippen LogP) is 3.95. The highest BCUT2D eigenvalue weighted by atomic mass is 19.3. The Morgan fingerprint density at radius 1 is 1.35 bits per heavy atom. The lowest BCUT2D eigenvalue weighted by Crippen LogP contribution is -2.11. The van der Waals surface area contributed by atoms with Gasteiger partial charge in [-0.2, -0.15) is 4.98 Å². The first-order valence-corrected chi connectivity index (χ1v) is 7.60. The summed E-state index contributed by atoms with van der Waals surface area (Å²) in [5.74, 6) is 1.61. The summed E-state index contributed by atoms with van der Waals surface area (Å²) < 4.78 is 35.4. The number of halogens is 2. The molecule has 0 amide bonds. The van der Waals surface area contributed by atoms with Gasteiger partial charge in [0.1, 0.15) is 18.1 Å². The van der Waals surface area contributed by atoms with Crippen LogP contribution in [0.3, 0.4) is 0 Å². The second kappa shape index (κ2) is 5.86. The zero-order valence-corrected chi connectivity index (χ0v) is 13.3. The highest BCUT2D eigenvalue weighted by Gasteiger charge is 2.29. The van der Waals surface area contributed by atoms with Gasteiger partial charge >= 0.3 is 0 Å². The van der Waals surface area contributed by atoms with Gasteiger partial charge in [-0.25, -0.2) is 8.78 Å². The summed E-state index contributed by atoms with van der Waals surface area (Å²) in [4.78, 5) is 8.68. The second-order valence-corrected chi connectivity index (χ2v) is 6.76. The van der Waals surface area contributed by atoms with Crippen LogP contribution in [0.2, 0.25) is 0 Å². The van der Waals surface area contributed by atoms with Crippen LogP contribution in [-0.2, 0) is 5.41 Å². The predicted molar refractivity (Wildman–Crippen MR) is 79.7 cm³/mol. The van der Waals surface area contributed by atoms with Gasteiger partial charge < -0.3 is 9.26 Å². The Hall–Kier alpha value is -2.05. The average Bonchev–Trinajstić information content (AvgIpc) is 3.19. The minimum atomic E-state index is -2.52. The number of hydrogen-bond acceptors (Lipinski definition) is 5. The molecule has 2 aromatic rings. The van der Waals surface area contributed by atoms with E-state index in [0.29, 0.717) is 29.1 Å². The molecule has 1 aliphatic carbocycles. The molecule has 1 fully saturated rings. The maximum absolute atomic E-state index is 12.4. The van der Waals surface area contributed by atoms with Crippen LogP contribution in [0.1, 0.15) is 51.0 Å². The molecule has 7 heteroatoms. The molecule has 1 saturated carbocycles. The fourth-order valence-electron chi connectivity index (χ4n) is 2.18. The van der Waals surface area contributed by atoms with Crippen molar-refractivity contribution in [3.05, 3.63) is 23.7 Å². The van der Waals surface area contributed by atoms with Crippen LogP contribution in [0, 0.1) is 0 Å². The molecular weight excluding hydrogens is 304 g/mol. The monoisotopic (exact) mass is 323 g/mol. The lowest BCUT2D eigenvalue weighted by atomic mass is 9.97. The first-order valence-electron chi connectivity index (χ1n) is 7.60. The third kappa shape index (κ3) is 3.65. The molecule has 0 unspecified atom stereocenters. The zero-order chi connectivity index (χ0) is 16.6. The fraction of sp³-hybridized carbons (Fsp3) is 0.562. The van der Waals surface area contributed by atoms with Crippen molar-refractivity contribution in [3.8, 4) is 17.3 Å². The minimum absolute atomic E-state index is 0.270. The molecule has 0 atom stereocenters. The Morgan fingerprint density at radius 3 is 2.65 bits per heavy atom. The van der Waals surface area contributed by atoms with Crippen LogP contribution in [0.5, 0.6) is 5.75 Å². The summed E-state index contributed by atoms with van der Waals surface area (Å²) in [5.41, 5.74) is 1.06. The number of pyridine rings is 1. The van der Waals surface area contributed by atoms with Gasteiger partial charge in [0.2, 0.25) is 11.7 Å². The maximum atomic E-state index is 12.4. The van der Waals surface area contributed by atoms with E-state index < -0.39 is 13.0 Å². The van der Waals surface area contributed by atoms with Crippen molar-refractivity contribution in [2.75, 3.05) is 6.61 Å². The number of alkyl halides is 2. The van der Waals surface area contributed by atoms with Crippen LogP contribution in [0.25, 0.3) is 11.5 Å². The number of rotatable bonds is 5. The number of ether oxygens (including phenoxy) is 1.